The van der Waals surface area contributed by atoms with E-state index in [1.54, 1.807) is 0 Å². The van der Waals surface area contributed by atoms with Crippen LogP contribution in [0.3, 0.4) is 0 Å². The number of nitrogens with zero attached hydrogens (tertiary/aromatic N) is 1. The highest BCUT2D eigenvalue weighted by molar-refractivity contribution is 14.1. The highest BCUT2D eigenvalue weighted by Gasteiger charge is 2.03. The van der Waals surface area contributed by atoms with Crippen LogP contribution < -0.4 is 10.9 Å². The minimum absolute atomic E-state index is 0.0818. The first kappa shape index (κ1) is 12.5. The predicted octanol–water partition coefficient (Wildman–Crippen LogP) is 2.37. The van der Waals surface area contributed by atoms with Gasteiger partial charge in [0.25, 0.3) is 5.56 Å². The van der Waals surface area contributed by atoms with Crippen LogP contribution in [0, 0.1) is 3.57 Å². The van der Waals surface area contributed by atoms with Gasteiger partial charge in [0.15, 0.2) is 0 Å². The zero-order valence-electron chi connectivity index (χ0n) is 8.85. The van der Waals surface area contributed by atoms with Gasteiger partial charge in [0.1, 0.15) is 9.39 Å². The SMILES string of the molecule is CCCCCCNc1nc[nH]c(=O)c1I. The molecule has 84 valence electrons. The molecule has 0 spiro atoms. The van der Waals surface area contributed by atoms with Gasteiger partial charge in [-0.15, -0.1) is 0 Å². The van der Waals surface area contributed by atoms with Gasteiger partial charge in [-0.25, -0.2) is 4.98 Å². The zero-order chi connectivity index (χ0) is 11.1. The van der Waals surface area contributed by atoms with E-state index in [0.29, 0.717) is 9.39 Å². The molecule has 0 aliphatic rings. The Morgan fingerprint density at radius 3 is 3.00 bits per heavy atom. The van der Waals surface area contributed by atoms with E-state index in [1.807, 2.05) is 22.6 Å². The molecule has 0 amide bonds. The lowest BCUT2D eigenvalue weighted by Crippen LogP contribution is -2.15. The van der Waals surface area contributed by atoms with Crippen molar-refractivity contribution in [3.8, 4) is 0 Å². The molecule has 5 heteroatoms. The highest BCUT2D eigenvalue weighted by atomic mass is 127. The molecular weight excluding hydrogens is 305 g/mol. The van der Waals surface area contributed by atoms with E-state index in [2.05, 4.69) is 22.2 Å². The summed E-state index contributed by atoms with van der Waals surface area (Å²) in [7, 11) is 0. The summed E-state index contributed by atoms with van der Waals surface area (Å²) >= 11 is 2.00. The molecule has 0 unspecified atom stereocenters. The Balaban J connectivity index is 2.38. The van der Waals surface area contributed by atoms with Crippen molar-refractivity contribution in [3.05, 3.63) is 20.3 Å². The van der Waals surface area contributed by atoms with Gasteiger partial charge in [-0.3, -0.25) is 4.79 Å². The van der Waals surface area contributed by atoms with Crippen molar-refractivity contribution < 1.29 is 0 Å². The van der Waals surface area contributed by atoms with Gasteiger partial charge in [0.05, 0.1) is 6.33 Å². The van der Waals surface area contributed by atoms with Gasteiger partial charge in [0, 0.05) is 6.54 Å². The Morgan fingerprint density at radius 1 is 1.47 bits per heavy atom. The number of aromatic amines is 1. The number of nitrogens with one attached hydrogen (secondary N) is 2. The zero-order valence-corrected chi connectivity index (χ0v) is 11.0. The Kier molecular flexibility index (Phi) is 5.67. The fourth-order valence-corrected chi connectivity index (χ4v) is 1.75. The molecule has 0 radical (unpaired) electrons. The van der Waals surface area contributed by atoms with Crippen LogP contribution in [0.5, 0.6) is 0 Å². The van der Waals surface area contributed by atoms with Crippen molar-refractivity contribution in [3.63, 3.8) is 0 Å². The number of halogens is 1. The van der Waals surface area contributed by atoms with Crippen LogP contribution in [-0.2, 0) is 0 Å². The quantitative estimate of drug-likeness (QED) is 0.625. The molecule has 15 heavy (non-hydrogen) atoms. The van der Waals surface area contributed by atoms with Crippen LogP contribution in [0.2, 0.25) is 0 Å². The lowest BCUT2D eigenvalue weighted by atomic mass is 10.2. The molecule has 0 atom stereocenters. The maximum atomic E-state index is 11.2. The molecule has 0 aromatic carbocycles. The van der Waals surface area contributed by atoms with Crippen molar-refractivity contribution in [2.45, 2.75) is 32.6 Å². The molecule has 2 N–H and O–H groups in total. The Bertz CT molecular complexity index is 351. The number of rotatable bonds is 6. The lowest BCUT2D eigenvalue weighted by molar-refractivity contribution is 0.684. The highest BCUT2D eigenvalue weighted by Crippen LogP contribution is 2.09. The summed E-state index contributed by atoms with van der Waals surface area (Å²) in [6, 6.07) is 0. The Hall–Kier alpha value is -0.590. The van der Waals surface area contributed by atoms with Gasteiger partial charge in [0.2, 0.25) is 0 Å². The smallest absolute Gasteiger partial charge is 0.266 e. The van der Waals surface area contributed by atoms with Crippen LogP contribution in [0.25, 0.3) is 0 Å². The molecule has 1 heterocycles. The maximum absolute atomic E-state index is 11.2. The second kappa shape index (κ2) is 6.81. The predicted molar refractivity (Wildman–Crippen MR) is 70.2 cm³/mol. The van der Waals surface area contributed by atoms with Crippen LogP contribution >= 0.6 is 22.6 Å². The summed E-state index contributed by atoms with van der Waals surface area (Å²) in [5, 5.41) is 3.17. The van der Waals surface area contributed by atoms with E-state index in [1.165, 1.54) is 25.6 Å². The Labute approximate surface area is 103 Å². The third-order valence-electron chi connectivity index (χ3n) is 2.12. The fraction of sp³-hybridized carbons (Fsp3) is 0.600. The third kappa shape index (κ3) is 4.19. The molecule has 1 rings (SSSR count). The van der Waals surface area contributed by atoms with Crippen molar-refractivity contribution in [1.82, 2.24) is 9.97 Å². The summed E-state index contributed by atoms with van der Waals surface area (Å²) in [6.07, 6.45) is 6.28. The van der Waals surface area contributed by atoms with Crippen LogP contribution in [0.4, 0.5) is 5.82 Å². The van der Waals surface area contributed by atoms with E-state index >= 15 is 0 Å². The maximum Gasteiger partial charge on any atom is 0.266 e. The van der Waals surface area contributed by atoms with Gasteiger partial charge in [-0.2, -0.15) is 0 Å². The molecule has 0 bridgehead atoms. The normalized spacial score (nSPS) is 10.3. The van der Waals surface area contributed by atoms with Crippen LogP contribution in [0.1, 0.15) is 32.6 Å². The average Bonchev–Trinajstić information content (AvgIpc) is 2.24. The van der Waals surface area contributed by atoms with E-state index in [-0.39, 0.29) is 5.56 Å². The number of hydrogen-bond acceptors (Lipinski definition) is 3. The molecule has 0 aliphatic carbocycles. The number of unbranched alkanes of at least 4 members (excludes halogenated alkanes) is 3. The third-order valence-corrected chi connectivity index (χ3v) is 3.12. The largest absolute Gasteiger partial charge is 0.369 e. The molecular formula is C10H16IN3O. The molecule has 1 aromatic heterocycles. The van der Waals surface area contributed by atoms with E-state index in [9.17, 15) is 4.79 Å². The van der Waals surface area contributed by atoms with Crippen molar-refractivity contribution in [1.29, 1.82) is 0 Å². The number of aromatic nitrogens is 2. The standard InChI is InChI=1S/C10H16IN3O/c1-2-3-4-5-6-12-9-8(11)10(15)14-7-13-9/h7H,2-6H2,1H3,(H2,12,13,14,15). The second-order valence-electron chi connectivity index (χ2n) is 3.38. The summed E-state index contributed by atoms with van der Waals surface area (Å²) in [4.78, 5) is 17.9. The second-order valence-corrected chi connectivity index (χ2v) is 4.46. The molecule has 0 saturated heterocycles. The number of hydrogen-bond donors (Lipinski definition) is 2. The summed E-state index contributed by atoms with van der Waals surface area (Å²) in [6.45, 7) is 3.07. The van der Waals surface area contributed by atoms with E-state index < -0.39 is 0 Å². The summed E-state index contributed by atoms with van der Waals surface area (Å²) in [5.74, 6) is 0.691. The van der Waals surface area contributed by atoms with Crippen LogP contribution in [-0.4, -0.2) is 16.5 Å². The summed E-state index contributed by atoms with van der Waals surface area (Å²) in [5.41, 5.74) is -0.0818. The Morgan fingerprint density at radius 2 is 2.27 bits per heavy atom. The molecule has 4 nitrogen and oxygen atoms in total. The van der Waals surface area contributed by atoms with Crippen molar-refractivity contribution >= 4 is 28.4 Å². The first-order chi connectivity index (χ1) is 7.25. The minimum atomic E-state index is -0.0818. The fourth-order valence-electron chi connectivity index (χ4n) is 1.26. The first-order valence-electron chi connectivity index (χ1n) is 5.22. The monoisotopic (exact) mass is 321 g/mol. The van der Waals surface area contributed by atoms with Crippen LogP contribution in [0.15, 0.2) is 11.1 Å². The van der Waals surface area contributed by atoms with Gasteiger partial charge in [-0.1, -0.05) is 26.2 Å². The lowest BCUT2D eigenvalue weighted by Gasteiger charge is -2.05. The minimum Gasteiger partial charge on any atom is -0.369 e. The van der Waals surface area contributed by atoms with Gasteiger partial charge < -0.3 is 10.3 Å². The molecule has 0 fully saturated rings. The van der Waals surface area contributed by atoms with Crippen molar-refractivity contribution in [2.24, 2.45) is 0 Å². The number of anilines is 1. The first-order valence-corrected chi connectivity index (χ1v) is 6.30. The van der Waals surface area contributed by atoms with Gasteiger partial charge in [-0.05, 0) is 29.0 Å². The van der Waals surface area contributed by atoms with E-state index in [4.69, 9.17) is 0 Å². The van der Waals surface area contributed by atoms with Gasteiger partial charge >= 0.3 is 0 Å². The average molecular weight is 321 g/mol. The molecule has 0 aliphatic heterocycles. The molecule has 1 aromatic rings. The number of H-pyrrole nitrogens is 1. The summed E-state index contributed by atoms with van der Waals surface area (Å²) < 4.78 is 0.630. The van der Waals surface area contributed by atoms with Crippen molar-refractivity contribution in [2.75, 3.05) is 11.9 Å². The topological polar surface area (TPSA) is 57.8 Å². The molecule has 0 saturated carbocycles. The van der Waals surface area contributed by atoms with E-state index in [0.717, 1.165) is 13.0 Å².